The predicted molar refractivity (Wildman–Crippen MR) is 60.8 cm³/mol. The Morgan fingerprint density at radius 1 is 1.13 bits per heavy atom. The van der Waals surface area contributed by atoms with E-state index in [2.05, 4.69) is 0 Å². The van der Waals surface area contributed by atoms with Crippen LogP contribution in [0.25, 0.3) is 0 Å². The summed E-state index contributed by atoms with van der Waals surface area (Å²) < 4.78 is 10.3. The van der Waals surface area contributed by atoms with Gasteiger partial charge in [0.2, 0.25) is 0 Å². The Bertz CT molecular complexity index is 157. The highest BCUT2D eigenvalue weighted by atomic mass is 16.5. The third-order valence-electron chi connectivity index (χ3n) is 2.40. The Balaban J connectivity index is 3.20. The lowest BCUT2D eigenvalue weighted by Gasteiger charge is -2.08. The van der Waals surface area contributed by atoms with Gasteiger partial charge in [-0.2, -0.15) is 0 Å². The number of unbranched alkanes of at least 4 members (excludes halogenated alkanes) is 2. The Labute approximate surface area is 93.1 Å². The van der Waals surface area contributed by atoms with Gasteiger partial charge in [-0.1, -0.05) is 13.8 Å². The first-order valence-corrected chi connectivity index (χ1v) is 5.96. The first-order valence-electron chi connectivity index (χ1n) is 5.96. The monoisotopic (exact) mass is 216 g/mol. The van der Waals surface area contributed by atoms with Crippen LogP contribution in [0.5, 0.6) is 0 Å². The summed E-state index contributed by atoms with van der Waals surface area (Å²) in [6.45, 7) is 8.04. The number of hydrogen-bond acceptors (Lipinski definition) is 3. The molecule has 0 saturated carbocycles. The summed E-state index contributed by atoms with van der Waals surface area (Å²) in [6.07, 6.45) is 3.90. The van der Waals surface area contributed by atoms with Crippen molar-refractivity contribution < 1.29 is 14.3 Å². The van der Waals surface area contributed by atoms with Crippen molar-refractivity contribution in [1.29, 1.82) is 0 Å². The molecule has 0 radical (unpaired) electrons. The number of carbonyl (C=O) groups excluding carboxylic acids is 1. The molecule has 0 aliphatic rings. The highest BCUT2D eigenvalue weighted by Gasteiger charge is 2.10. The van der Waals surface area contributed by atoms with Gasteiger partial charge in [-0.15, -0.1) is 0 Å². The molecular weight excluding hydrogens is 192 g/mol. The van der Waals surface area contributed by atoms with Crippen molar-refractivity contribution in [1.82, 2.24) is 0 Å². The first kappa shape index (κ1) is 14.4. The molecule has 0 spiro atoms. The summed E-state index contributed by atoms with van der Waals surface area (Å²) in [4.78, 5) is 11.3. The molecule has 0 aromatic heterocycles. The molecule has 0 saturated heterocycles. The van der Waals surface area contributed by atoms with E-state index in [1.165, 1.54) is 0 Å². The average molecular weight is 216 g/mol. The van der Waals surface area contributed by atoms with Crippen molar-refractivity contribution in [3.8, 4) is 0 Å². The van der Waals surface area contributed by atoms with E-state index in [1.807, 2.05) is 20.8 Å². The minimum atomic E-state index is -0.0673. The number of carbonyl (C=O) groups is 1. The van der Waals surface area contributed by atoms with Crippen LogP contribution < -0.4 is 0 Å². The summed E-state index contributed by atoms with van der Waals surface area (Å²) in [5.74, 6) is -0.0317. The van der Waals surface area contributed by atoms with Crippen molar-refractivity contribution in [3.05, 3.63) is 0 Å². The van der Waals surface area contributed by atoms with E-state index in [9.17, 15) is 4.79 Å². The summed E-state index contributed by atoms with van der Waals surface area (Å²) >= 11 is 0. The number of hydrogen-bond donors (Lipinski definition) is 0. The number of rotatable bonds is 9. The van der Waals surface area contributed by atoms with Crippen molar-refractivity contribution in [3.63, 3.8) is 0 Å². The Hall–Kier alpha value is -0.570. The Morgan fingerprint density at radius 3 is 2.40 bits per heavy atom. The zero-order valence-electron chi connectivity index (χ0n) is 10.3. The molecule has 0 heterocycles. The highest BCUT2D eigenvalue weighted by Crippen LogP contribution is 2.04. The van der Waals surface area contributed by atoms with E-state index < -0.39 is 0 Å². The molecule has 0 amide bonds. The molecule has 1 unspecified atom stereocenters. The molecule has 0 bridgehead atoms. The van der Waals surface area contributed by atoms with Crippen LogP contribution in [0.2, 0.25) is 0 Å². The van der Waals surface area contributed by atoms with Crippen LogP contribution in [0.1, 0.15) is 46.5 Å². The fourth-order valence-electron chi connectivity index (χ4n) is 1.11. The van der Waals surface area contributed by atoms with Gasteiger partial charge < -0.3 is 9.47 Å². The van der Waals surface area contributed by atoms with E-state index in [1.54, 1.807) is 0 Å². The summed E-state index contributed by atoms with van der Waals surface area (Å²) in [5.41, 5.74) is 0. The maximum Gasteiger partial charge on any atom is 0.308 e. The van der Waals surface area contributed by atoms with Gasteiger partial charge in [0.05, 0.1) is 12.5 Å². The normalized spacial score (nSPS) is 12.5. The molecule has 0 aliphatic heterocycles. The van der Waals surface area contributed by atoms with E-state index >= 15 is 0 Å². The van der Waals surface area contributed by atoms with Crippen LogP contribution in [0.15, 0.2) is 0 Å². The summed E-state index contributed by atoms with van der Waals surface area (Å²) in [6, 6.07) is 0. The molecule has 0 aromatic rings. The SMILES string of the molecule is CCOCCCCCOC(=O)C(C)CC. The molecule has 0 rings (SSSR count). The summed E-state index contributed by atoms with van der Waals surface area (Å²) in [7, 11) is 0. The topological polar surface area (TPSA) is 35.5 Å². The first-order chi connectivity index (χ1) is 7.22. The van der Waals surface area contributed by atoms with Crippen LogP contribution in [0, 0.1) is 5.92 Å². The zero-order chi connectivity index (χ0) is 11.5. The maximum absolute atomic E-state index is 11.3. The van der Waals surface area contributed by atoms with E-state index in [4.69, 9.17) is 9.47 Å². The van der Waals surface area contributed by atoms with Crippen LogP contribution >= 0.6 is 0 Å². The molecular formula is C12H24O3. The van der Waals surface area contributed by atoms with Crippen molar-refractivity contribution in [2.75, 3.05) is 19.8 Å². The molecule has 0 aromatic carbocycles. The Morgan fingerprint density at radius 2 is 1.80 bits per heavy atom. The third kappa shape index (κ3) is 8.43. The molecule has 0 aliphatic carbocycles. The fraction of sp³-hybridized carbons (Fsp3) is 0.917. The number of esters is 1. The smallest absolute Gasteiger partial charge is 0.308 e. The maximum atomic E-state index is 11.3. The summed E-state index contributed by atoms with van der Waals surface area (Å²) in [5, 5.41) is 0. The largest absolute Gasteiger partial charge is 0.465 e. The predicted octanol–water partition coefficient (Wildman–Crippen LogP) is 2.78. The van der Waals surface area contributed by atoms with Gasteiger partial charge in [0.15, 0.2) is 0 Å². The minimum absolute atomic E-state index is 0.0356. The quantitative estimate of drug-likeness (QED) is 0.439. The van der Waals surface area contributed by atoms with Crippen LogP contribution in [0.4, 0.5) is 0 Å². The molecule has 90 valence electrons. The molecule has 0 fully saturated rings. The number of ether oxygens (including phenoxy) is 2. The second-order valence-corrected chi connectivity index (χ2v) is 3.73. The van der Waals surface area contributed by atoms with E-state index in [-0.39, 0.29) is 11.9 Å². The van der Waals surface area contributed by atoms with Crippen LogP contribution in [0.3, 0.4) is 0 Å². The van der Waals surface area contributed by atoms with Gasteiger partial charge in [-0.3, -0.25) is 4.79 Å². The fourth-order valence-corrected chi connectivity index (χ4v) is 1.11. The Kier molecular flexibility index (Phi) is 9.59. The van der Waals surface area contributed by atoms with Gasteiger partial charge in [-0.05, 0) is 32.6 Å². The minimum Gasteiger partial charge on any atom is -0.465 e. The molecule has 15 heavy (non-hydrogen) atoms. The van der Waals surface area contributed by atoms with Crippen LogP contribution in [-0.4, -0.2) is 25.8 Å². The van der Waals surface area contributed by atoms with Gasteiger partial charge >= 0.3 is 5.97 Å². The van der Waals surface area contributed by atoms with Gasteiger partial charge in [-0.25, -0.2) is 0 Å². The third-order valence-corrected chi connectivity index (χ3v) is 2.40. The molecule has 0 N–H and O–H groups in total. The zero-order valence-corrected chi connectivity index (χ0v) is 10.3. The van der Waals surface area contributed by atoms with E-state index in [0.29, 0.717) is 6.61 Å². The van der Waals surface area contributed by atoms with Gasteiger partial charge in [0.1, 0.15) is 0 Å². The van der Waals surface area contributed by atoms with Crippen LogP contribution in [-0.2, 0) is 14.3 Å². The van der Waals surface area contributed by atoms with Gasteiger partial charge in [0.25, 0.3) is 0 Å². The van der Waals surface area contributed by atoms with Gasteiger partial charge in [0, 0.05) is 13.2 Å². The lowest BCUT2D eigenvalue weighted by Crippen LogP contribution is -2.14. The second kappa shape index (κ2) is 9.97. The van der Waals surface area contributed by atoms with Crippen molar-refractivity contribution in [2.45, 2.75) is 46.5 Å². The lowest BCUT2D eigenvalue weighted by molar-refractivity contribution is -0.148. The standard InChI is InChI=1S/C12H24O3/c1-4-11(3)12(13)15-10-8-6-7-9-14-5-2/h11H,4-10H2,1-3H3. The lowest BCUT2D eigenvalue weighted by atomic mass is 10.1. The average Bonchev–Trinajstić information content (AvgIpc) is 2.26. The van der Waals surface area contributed by atoms with Crippen molar-refractivity contribution >= 4 is 5.97 Å². The second-order valence-electron chi connectivity index (χ2n) is 3.73. The highest BCUT2D eigenvalue weighted by molar-refractivity contribution is 5.71. The molecule has 3 heteroatoms. The molecule has 1 atom stereocenters. The molecule has 3 nitrogen and oxygen atoms in total. The van der Waals surface area contributed by atoms with E-state index in [0.717, 1.165) is 38.9 Å². The van der Waals surface area contributed by atoms with Crippen molar-refractivity contribution in [2.24, 2.45) is 5.92 Å².